The Morgan fingerprint density at radius 2 is 1.77 bits per heavy atom. The van der Waals surface area contributed by atoms with Crippen molar-refractivity contribution in [3.8, 4) is 11.5 Å². The van der Waals surface area contributed by atoms with Crippen molar-refractivity contribution < 1.29 is 19.4 Å². The highest BCUT2D eigenvalue weighted by Crippen LogP contribution is 2.22. The number of aromatic hydroxyl groups is 1. The fraction of sp³-hybridized carbons (Fsp3) is 0.261. The maximum Gasteiger partial charge on any atom is 0.270 e. The van der Waals surface area contributed by atoms with E-state index in [1.54, 1.807) is 17.5 Å². The van der Waals surface area contributed by atoms with Crippen molar-refractivity contribution in [2.24, 2.45) is 0 Å². The Kier molecular flexibility index (Phi) is 7.25. The Labute approximate surface area is 185 Å². The highest BCUT2D eigenvalue weighted by molar-refractivity contribution is 7.09. The van der Waals surface area contributed by atoms with Gasteiger partial charge in [-0.1, -0.05) is 44.2 Å². The molecule has 0 bridgehead atoms. The fourth-order valence-electron chi connectivity index (χ4n) is 2.80. The zero-order chi connectivity index (χ0) is 22.3. The molecule has 0 unspecified atom stereocenters. The number of carbonyl (C=O) groups excluding carboxylic acids is 2. The first-order valence-corrected chi connectivity index (χ1v) is 10.7. The van der Waals surface area contributed by atoms with Crippen LogP contribution >= 0.6 is 11.3 Å². The number of nitrogens with one attached hydrogen (secondary N) is 2. The Balaban J connectivity index is 1.44. The molecular weight excluding hydrogens is 414 g/mol. The first kappa shape index (κ1) is 22.3. The van der Waals surface area contributed by atoms with E-state index in [1.807, 2.05) is 30.3 Å². The molecule has 31 heavy (non-hydrogen) atoms. The zero-order valence-electron chi connectivity index (χ0n) is 17.4. The molecule has 0 aliphatic carbocycles. The molecule has 8 heteroatoms. The monoisotopic (exact) mass is 439 g/mol. The number of hydrogen-bond donors (Lipinski definition) is 3. The van der Waals surface area contributed by atoms with Crippen molar-refractivity contribution in [2.45, 2.75) is 25.8 Å². The molecule has 3 N–H and O–H groups in total. The topological polar surface area (TPSA) is 101 Å². The lowest BCUT2D eigenvalue weighted by molar-refractivity contribution is -0.123. The predicted octanol–water partition coefficient (Wildman–Crippen LogP) is 3.25. The first-order chi connectivity index (χ1) is 14.8. The molecule has 3 aromatic rings. The van der Waals surface area contributed by atoms with Crippen LogP contribution in [0.25, 0.3) is 0 Å². The van der Waals surface area contributed by atoms with Gasteiger partial charge in [-0.2, -0.15) is 0 Å². The number of ether oxygens (including phenoxy) is 1. The molecule has 2 amide bonds. The summed E-state index contributed by atoms with van der Waals surface area (Å²) in [6.45, 7) is 4.69. The van der Waals surface area contributed by atoms with Crippen molar-refractivity contribution in [1.29, 1.82) is 0 Å². The standard InChI is InChI=1S/C23H25N3O4S/c1-23(2,16-6-4-3-5-7-16)15-25-22(29)19-14-31-21(26-19)12-24-20(28)13-30-18-10-8-17(27)9-11-18/h3-11,14,27H,12-13,15H2,1-2H3,(H,24,28)(H,25,29). The Hall–Kier alpha value is -3.39. The Bertz CT molecular complexity index is 1020. The second-order valence-corrected chi connectivity index (χ2v) is 8.56. The third-order valence-electron chi connectivity index (χ3n) is 4.67. The van der Waals surface area contributed by atoms with Crippen molar-refractivity contribution >= 4 is 23.2 Å². The summed E-state index contributed by atoms with van der Waals surface area (Å²) >= 11 is 1.31. The predicted molar refractivity (Wildman–Crippen MR) is 119 cm³/mol. The number of phenolic OH excluding ortho intramolecular Hbond substituents is 1. The molecule has 1 heterocycles. The zero-order valence-corrected chi connectivity index (χ0v) is 18.2. The summed E-state index contributed by atoms with van der Waals surface area (Å²) in [5.41, 5.74) is 1.27. The van der Waals surface area contributed by atoms with Crippen molar-refractivity contribution in [3.63, 3.8) is 0 Å². The maximum absolute atomic E-state index is 12.5. The van der Waals surface area contributed by atoms with Crippen molar-refractivity contribution in [1.82, 2.24) is 15.6 Å². The van der Waals surface area contributed by atoms with Crippen LogP contribution in [-0.4, -0.2) is 35.1 Å². The molecule has 0 saturated heterocycles. The minimum atomic E-state index is -0.307. The molecule has 1 aromatic heterocycles. The van der Waals surface area contributed by atoms with Crippen LogP contribution in [0.5, 0.6) is 11.5 Å². The second kappa shape index (κ2) is 10.1. The van der Waals surface area contributed by atoms with Gasteiger partial charge >= 0.3 is 0 Å². The molecule has 0 aliphatic heterocycles. The number of rotatable bonds is 9. The molecule has 0 saturated carbocycles. The quantitative estimate of drug-likeness (QED) is 0.475. The van der Waals surface area contributed by atoms with Gasteiger partial charge in [0.2, 0.25) is 0 Å². The van der Waals surface area contributed by atoms with Crippen LogP contribution in [0.15, 0.2) is 60.0 Å². The molecule has 0 atom stereocenters. The van der Waals surface area contributed by atoms with Gasteiger partial charge in [0.1, 0.15) is 22.2 Å². The van der Waals surface area contributed by atoms with E-state index in [0.29, 0.717) is 23.0 Å². The van der Waals surface area contributed by atoms with Gasteiger partial charge in [-0.05, 0) is 29.8 Å². The molecule has 162 valence electrons. The van der Waals surface area contributed by atoms with Crippen LogP contribution in [0.4, 0.5) is 0 Å². The van der Waals surface area contributed by atoms with Gasteiger partial charge in [-0.25, -0.2) is 4.98 Å². The van der Waals surface area contributed by atoms with Gasteiger partial charge in [-0.3, -0.25) is 9.59 Å². The van der Waals surface area contributed by atoms with Gasteiger partial charge in [0.15, 0.2) is 6.61 Å². The lowest BCUT2D eigenvalue weighted by Crippen LogP contribution is -2.36. The molecule has 3 rings (SSSR count). The SMILES string of the molecule is CC(C)(CNC(=O)c1csc(CNC(=O)COc2ccc(O)cc2)n1)c1ccccc1. The van der Waals surface area contributed by atoms with E-state index < -0.39 is 0 Å². The molecule has 0 radical (unpaired) electrons. The Morgan fingerprint density at radius 1 is 1.06 bits per heavy atom. The largest absolute Gasteiger partial charge is 0.508 e. The number of nitrogens with zero attached hydrogens (tertiary/aromatic N) is 1. The third-order valence-corrected chi connectivity index (χ3v) is 5.52. The van der Waals surface area contributed by atoms with E-state index in [9.17, 15) is 14.7 Å². The van der Waals surface area contributed by atoms with E-state index in [-0.39, 0.29) is 36.1 Å². The van der Waals surface area contributed by atoms with E-state index in [1.165, 1.54) is 23.5 Å². The van der Waals surface area contributed by atoms with E-state index in [4.69, 9.17) is 4.74 Å². The minimum Gasteiger partial charge on any atom is -0.508 e. The van der Waals surface area contributed by atoms with Crippen molar-refractivity contribution in [3.05, 3.63) is 76.2 Å². The minimum absolute atomic E-state index is 0.129. The molecular formula is C23H25N3O4S. The molecule has 0 spiro atoms. The summed E-state index contributed by atoms with van der Waals surface area (Å²) in [7, 11) is 0. The highest BCUT2D eigenvalue weighted by atomic mass is 32.1. The second-order valence-electron chi connectivity index (χ2n) is 7.62. The lowest BCUT2D eigenvalue weighted by atomic mass is 9.84. The lowest BCUT2D eigenvalue weighted by Gasteiger charge is -2.25. The number of aromatic nitrogens is 1. The summed E-state index contributed by atoms with van der Waals surface area (Å²) in [5.74, 6) is 0.0657. The van der Waals surface area contributed by atoms with Gasteiger partial charge in [-0.15, -0.1) is 11.3 Å². The van der Waals surface area contributed by atoms with Crippen LogP contribution < -0.4 is 15.4 Å². The number of amides is 2. The van der Waals surface area contributed by atoms with E-state index in [2.05, 4.69) is 29.5 Å². The van der Waals surface area contributed by atoms with Crippen LogP contribution in [0, 0.1) is 0 Å². The summed E-state index contributed by atoms with van der Waals surface area (Å²) in [6.07, 6.45) is 0. The van der Waals surface area contributed by atoms with Crippen molar-refractivity contribution in [2.75, 3.05) is 13.2 Å². The van der Waals surface area contributed by atoms with Gasteiger partial charge in [0.05, 0.1) is 6.54 Å². The smallest absolute Gasteiger partial charge is 0.270 e. The number of benzene rings is 2. The van der Waals surface area contributed by atoms with E-state index in [0.717, 1.165) is 5.56 Å². The maximum atomic E-state index is 12.5. The molecule has 7 nitrogen and oxygen atoms in total. The van der Waals surface area contributed by atoms with E-state index >= 15 is 0 Å². The van der Waals surface area contributed by atoms with Crippen LogP contribution in [0.3, 0.4) is 0 Å². The first-order valence-electron chi connectivity index (χ1n) is 9.80. The summed E-state index contributed by atoms with van der Waals surface area (Å²) < 4.78 is 5.35. The summed E-state index contributed by atoms with van der Waals surface area (Å²) in [6, 6.07) is 16.1. The summed E-state index contributed by atoms with van der Waals surface area (Å²) in [4.78, 5) is 28.7. The average molecular weight is 440 g/mol. The molecule has 0 aliphatic rings. The van der Waals surface area contributed by atoms with Crippen LogP contribution in [-0.2, 0) is 16.8 Å². The number of thiazole rings is 1. The Morgan fingerprint density at radius 3 is 2.48 bits per heavy atom. The molecule has 0 fully saturated rings. The molecule has 2 aromatic carbocycles. The number of hydrogen-bond acceptors (Lipinski definition) is 6. The van der Waals surface area contributed by atoms with Gasteiger partial charge in [0, 0.05) is 17.3 Å². The number of phenols is 1. The normalized spacial score (nSPS) is 11.0. The third kappa shape index (κ3) is 6.55. The highest BCUT2D eigenvalue weighted by Gasteiger charge is 2.22. The van der Waals surface area contributed by atoms with Crippen LogP contribution in [0.2, 0.25) is 0 Å². The fourth-order valence-corrected chi connectivity index (χ4v) is 3.51. The van der Waals surface area contributed by atoms with Gasteiger partial charge in [0.25, 0.3) is 11.8 Å². The van der Waals surface area contributed by atoms with Crippen LogP contribution in [0.1, 0.15) is 34.9 Å². The number of carbonyl (C=O) groups is 2. The average Bonchev–Trinajstić information content (AvgIpc) is 3.25. The van der Waals surface area contributed by atoms with Gasteiger partial charge < -0.3 is 20.5 Å². The summed E-state index contributed by atoms with van der Waals surface area (Å²) in [5, 5.41) is 17.2.